The molecule has 0 radical (unpaired) electrons. The van der Waals surface area contributed by atoms with E-state index in [0.717, 1.165) is 0 Å². The minimum atomic E-state index is -0.843. The zero-order chi connectivity index (χ0) is 40.5. The molecule has 1 fully saturated rings. The van der Waals surface area contributed by atoms with Crippen LogP contribution < -0.4 is 10.2 Å². The van der Waals surface area contributed by atoms with Gasteiger partial charge in [-0.15, -0.1) is 0 Å². The molecule has 4 aromatic heterocycles. The Hall–Kier alpha value is -6.30. The summed E-state index contributed by atoms with van der Waals surface area (Å²) in [5, 5.41) is 13.3. The number of ketones is 1. The number of imidazole rings is 1. The van der Waals surface area contributed by atoms with Crippen molar-refractivity contribution in [3.63, 3.8) is 0 Å². The summed E-state index contributed by atoms with van der Waals surface area (Å²) < 4.78 is 18.1. The molecule has 2 N–H and O–H groups in total. The van der Waals surface area contributed by atoms with Crippen LogP contribution in [-0.2, 0) is 19.0 Å². The maximum Gasteiger partial charge on any atom is 0.419 e. The first-order valence-corrected chi connectivity index (χ1v) is 18.5. The number of aromatic nitrogens is 5. The van der Waals surface area contributed by atoms with Crippen molar-refractivity contribution in [2.24, 2.45) is 5.92 Å². The lowest BCUT2D eigenvalue weighted by atomic mass is 9.95. The Kier molecular flexibility index (Phi) is 10.9. The molecule has 15 heteroatoms. The Morgan fingerprint density at radius 3 is 2.30 bits per heavy atom. The zero-order valence-electron chi connectivity index (χ0n) is 32.8. The molecule has 1 aromatic carbocycles. The van der Waals surface area contributed by atoms with Crippen LogP contribution in [0, 0.1) is 17.2 Å². The van der Waals surface area contributed by atoms with Gasteiger partial charge in [-0.05, 0) is 83.9 Å². The van der Waals surface area contributed by atoms with E-state index in [1.807, 2.05) is 19.9 Å². The molecule has 0 aliphatic carbocycles. The Bertz CT molecular complexity index is 2350. The van der Waals surface area contributed by atoms with Crippen molar-refractivity contribution in [3.8, 4) is 17.2 Å². The van der Waals surface area contributed by atoms with Gasteiger partial charge < -0.3 is 29.4 Å². The van der Waals surface area contributed by atoms with Crippen LogP contribution >= 0.6 is 0 Å². The van der Waals surface area contributed by atoms with Gasteiger partial charge >= 0.3 is 18.2 Å². The summed E-state index contributed by atoms with van der Waals surface area (Å²) in [6.07, 6.45) is 4.30. The summed E-state index contributed by atoms with van der Waals surface area (Å²) in [6, 6.07) is 11.5. The number of fused-ring (bicyclic) bond motifs is 2. The first-order chi connectivity index (χ1) is 26.4. The van der Waals surface area contributed by atoms with Gasteiger partial charge in [-0.1, -0.05) is 13.8 Å². The van der Waals surface area contributed by atoms with Gasteiger partial charge in [0.25, 0.3) is 0 Å². The second kappa shape index (κ2) is 15.4. The van der Waals surface area contributed by atoms with Crippen LogP contribution in [-0.4, -0.2) is 84.9 Å². The number of piperidine rings is 1. The highest BCUT2D eigenvalue weighted by Crippen LogP contribution is 2.33. The van der Waals surface area contributed by atoms with Gasteiger partial charge in [0, 0.05) is 60.4 Å². The van der Waals surface area contributed by atoms with Gasteiger partial charge in [-0.25, -0.2) is 24.4 Å². The molecular formula is C41H46N8O7. The Balaban J connectivity index is 1.15. The molecule has 0 saturated carbocycles. The molecule has 1 aliphatic rings. The van der Waals surface area contributed by atoms with E-state index in [1.165, 1.54) is 4.57 Å². The molecule has 15 nitrogen and oxygen atoms in total. The summed E-state index contributed by atoms with van der Waals surface area (Å²) in [5.41, 5.74) is 1.70. The molecule has 5 heterocycles. The molecule has 5 aromatic rings. The van der Waals surface area contributed by atoms with Crippen molar-refractivity contribution in [2.45, 2.75) is 91.6 Å². The van der Waals surface area contributed by atoms with E-state index in [0.29, 0.717) is 76.1 Å². The highest BCUT2D eigenvalue weighted by Gasteiger charge is 2.32. The molecular weight excluding hydrogens is 716 g/mol. The lowest BCUT2D eigenvalue weighted by Crippen LogP contribution is -2.48. The molecule has 1 saturated heterocycles. The van der Waals surface area contributed by atoms with E-state index in [-0.39, 0.29) is 17.8 Å². The summed E-state index contributed by atoms with van der Waals surface area (Å²) in [6.45, 7) is 15.4. The number of anilines is 1. The number of carbonyl (C=O) groups excluding carboxylic acids is 4. The average molecular weight is 763 g/mol. The lowest BCUT2D eigenvalue weighted by molar-refractivity contribution is -0.153. The van der Waals surface area contributed by atoms with Gasteiger partial charge in [0.2, 0.25) is 5.78 Å². The fourth-order valence-corrected chi connectivity index (χ4v) is 6.42. The first kappa shape index (κ1) is 39.4. The Morgan fingerprint density at radius 2 is 1.64 bits per heavy atom. The smallest absolute Gasteiger partial charge is 0.419 e. The number of esters is 1. The summed E-state index contributed by atoms with van der Waals surface area (Å²) in [4.78, 5) is 70.9. The standard InChI is InChI=1S/C41H46N8O7/c1-23(2)33(46-38(52)55-40(3,4)5)37(51)54-26-13-16-48(17-14-26)32-12-11-30-35(45-32)47-36(44-30)34(50)24-9-10-25(20-42)28(19-24)29-21-43-22-31-27(29)15-18-49(31)39(53)56-41(6,7)8/h9-12,15,18-19,21-23,26,33H,13-14,16-17H2,1-8H3,(H,46,52)(H,44,45,47)/t33-/m0/s1. The van der Waals surface area contributed by atoms with Crippen molar-refractivity contribution in [2.75, 3.05) is 18.0 Å². The molecule has 56 heavy (non-hydrogen) atoms. The quantitative estimate of drug-likeness (QED) is 0.0943. The number of hydrogen-bond acceptors (Lipinski definition) is 12. The van der Waals surface area contributed by atoms with Crippen LogP contribution in [0.4, 0.5) is 15.4 Å². The van der Waals surface area contributed by atoms with Gasteiger partial charge in [-0.2, -0.15) is 5.26 Å². The maximum atomic E-state index is 13.8. The lowest BCUT2D eigenvalue weighted by Gasteiger charge is -2.33. The third-order valence-electron chi connectivity index (χ3n) is 9.08. The van der Waals surface area contributed by atoms with E-state index in [1.54, 1.807) is 90.5 Å². The average Bonchev–Trinajstić information content (AvgIpc) is 3.77. The minimum Gasteiger partial charge on any atom is -0.461 e. The number of H-pyrrole nitrogens is 1. The SMILES string of the molecule is CC(C)[C@H](NC(=O)OC(C)(C)C)C(=O)OC1CCN(c2ccc3nc(C(=O)c4ccc(C#N)c(-c5cncc6c5ccn6C(=O)OC(C)(C)C)c4)[nH]c3n2)CC1. The molecule has 292 valence electrons. The molecule has 1 atom stereocenters. The van der Waals surface area contributed by atoms with Gasteiger partial charge in [0.15, 0.2) is 11.5 Å². The summed E-state index contributed by atoms with van der Waals surface area (Å²) in [5.74, 6) is -0.340. The Morgan fingerprint density at radius 1 is 0.929 bits per heavy atom. The summed E-state index contributed by atoms with van der Waals surface area (Å²) in [7, 11) is 0. The Labute approximate surface area is 324 Å². The second-order valence-corrected chi connectivity index (χ2v) is 16.1. The third-order valence-corrected chi connectivity index (χ3v) is 9.08. The largest absolute Gasteiger partial charge is 0.461 e. The number of aromatic amines is 1. The fraction of sp³-hybridized carbons (Fsp3) is 0.415. The van der Waals surface area contributed by atoms with Crippen molar-refractivity contribution in [1.82, 2.24) is 29.8 Å². The van der Waals surface area contributed by atoms with Crippen LogP contribution in [0.15, 0.2) is 55.0 Å². The number of nitrogens with one attached hydrogen (secondary N) is 2. The molecule has 1 amide bonds. The predicted octanol–water partition coefficient (Wildman–Crippen LogP) is 6.92. The van der Waals surface area contributed by atoms with E-state index in [4.69, 9.17) is 19.2 Å². The van der Waals surface area contributed by atoms with Crippen molar-refractivity contribution < 1.29 is 33.4 Å². The molecule has 0 spiro atoms. The topological polar surface area (TPSA) is 194 Å². The van der Waals surface area contributed by atoms with Crippen molar-refractivity contribution >= 4 is 51.8 Å². The maximum absolute atomic E-state index is 13.8. The first-order valence-electron chi connectivity index (χ1n) is 18.5. The normalized spacial score (nSPS) is 14.4. The van der Waals surface area contributed by atoms with Gasteiger partial charge in [0.05, 0.1) is 23.3 Å². The highest BCUT2D eigenvalue weighted by atomic mass is 16.6. The van der Waals surface area contributed by atoms with Crippen molar-refractivity contribution in [1.29, 1.82) is 5.26 Å². The molecule has 6 rings (SSSR count). The van der Waals surface area contributed by atoms with E-state index in [9.17, 15) is 24.4 Å². The number of benzene rings is 1. The number of hydrogen-bond donors (Lipinski definition) is 2. The van der Waals surface area contributed by atoms with E-state index < -0.39 is 41.2 Å². The fourth-order valence-electron chi connectivity index (χ4n) is 6.42. The van der Waals surface area contributed by atoms with Crippen LogP contribution in [0.3, 0.4) is 0 Å². The zero-order valence-corrected chi connectivity index (χ0v) is 32.8. The minimum absolute atomic E-state index is 0.0815. The van der Waals surface area contributed by atoms with E-state index in [2.05, 4.69) is 31.2 Å². The summed E-state index contributed by atoms with van der Waals surface area (Å²) >= 11 is 0. The van der Waals surface area contributed by atoms with Gasteiger partial charge in [0.1, 0.15) is 34.7 Å². The van der Waals surface area contributed by atoms with E-state index >= 15 is 0 Å². The molecule has 0 unspecified atom stereocenters. The third kappa shape index (κ3) is 8.80. The number of carbonyl (C=O) groups is 4. The number of amides is 1. The van der Waals surface area contributed by atoms with Gasteiger partial charge in [-0.3, -0.25) is 14.3 Å². The van der Waals surface area contributed by atoms with Crippen LogP contribution in [0.5, 0.6) is 0 Å². The monoisotopic (exact) mass is 762 g/mol. The van der Waals surface area contributed by atoms with Crippen LogP contribution in [0.2, 0.25) is 0 Å². The van der Waals surface area contributed by atoms with Crippen molar-refractivity contribution in [3.05, 3.63) is 71.9 Å². The molecule has 0 bridgehead atoms. The number of pyridine rings is 2. The number of alkyl carbamates (subject to hydrolysis) is 1. The second-order valence-electron chi connectivity index (χ2n) is 16.1. The highest BCUT2D eigenvalue weighted by molar-refractivity contribution is 6.09. The number of rotatable bonds is 8. The van der Waals surface area contributed by atoms with Crippen LogP contribution in [0.25, 0.3) is 33.2 Å². The number of nitriles is 1. The molecule has 1 aliphatic heterocycles. The predicted molar refractivity (Wildman–Crippen MR) is 208 cm³/mol. The number of nitrogens with zero attached hydrogens (tertiary/aromatic N) is 6. The number of ether oxygens (including phenoxy) is 3. The van der Waals surface area contributed by atoms with Crippen LogP contribution in [0.1, 0.15) is 90.0 Å².